The maximum Gasteiger partial charge on any atom is 0.306 e. The van der Waals surface area contributed by atoms with Gasteiger partial charge in [-0.15, -0.1) is 0 Å². The number of carboxylic acid groups (broad SMARTS) is 1. The van der Waals surface area contributed by atoms with E-state index in [9.17, 15) is 9.90 Å². The fourth-order valence-electron chi connectivity index (χ4n) is 2.64. The second-order valence-corrected chi connectivity index (χ2v) is 8.05. The Bertz CT molecular complexity index is 1070. The zero-order valence-corrected chi connectivity index (χ0v) is 18.4. The summed E-state index contributed by atoms with van der Waals surface area (Å²) in [7, 11) is 0. The van der Waals surface area contributed by atoms with Crippen molar-refractivity contribution in [1.82, 2.24) is 15.1 Å². The summed E-state index contributed by atoms with van der Waals surface area (Å²) in [6.07, 6.45) is 4.41. The number of aromatic nitrogens is 3. The number of benzene rings is 1. The van der Waals surface area contributed by atoms with Gasteiger partial charge in [0.05, 0.1) is 22.6 Å². The lowest BCUT2D eigenvalue weighted by Crippen LogP contribution is -2.20. The van der Waals surface area contributed by atoms with Gasteiger partial charge in [0.1, 0.15) is 10.8 Å². The second-order valence-electron chi connectivity index (χ2n) is 7.23. The summed E-state index contributed by atoms with van der Waals surface area (Å²) in [5, 5.41) is 22.2. The van der Waals surface area contributed by atoms with Crippen LogP contribution >= 0.6 is 23.2 Å². The molecule has 164 valence electrons. The van der Waals surface area contributed by atoms with Gasteiger partial charge in [0.15, 0.2) is 0 Å². The van der Waals surface area contributed by atoms with Crippen LogP contribution in [0.25, 0.3) is 22.8 Å². The number of hydrogen-bond acceptors (Lipinski definition) is 7. The minimum atomic E-state index is -0.619. The van der Waals surface area contributed by atoms with Gasteiger partial charge in [-0.25, -0.2) is 4.98 Å². The number of rotatable bonds is 5. The van der Waals surface area contributed by atoms with Gasteiger partial charge in [-0.1, -0.05) is 34.8 Å². The summed E-state index contributed by atoms with van der Waals surface area (Å²) in [5.41, 5.74) is 1.10. The van der Waals surface area contributed by atoms with Gasteiger partial charge in [-0.3, -0.25) is 4.79 Å². The summed E-state index contributed by atoms with van der Waals surface area (Å²) in [6, 6.07) is 6.15. The van der Waals surface area contributed by atoms with Crippen molar-refractivity contribution in [1.29, 1.82) is 0 Å². The summed E-state index contributed by atoms with van der Waals surface area (Å²) in [6.45, 7) is 3.77. The predicted octanol–water partition coefficient (Wildman–Crippen LogP) is 5.47. The molecule has 0 spiro atoms. The molecule has 4 rings (SSSR count). The van der Waals surface area contributed by atoms with Gasteiger partial charge in [0, 0.05) is 11.8 Å². The first-order valence-corrected chi connectivity index (χ1v) is 10.4. The first-order valence-electron chi connectivity index (χ1n) is 9.62. The molecule has 3 aromatic rings. The first kappa shape index (κ1) is 22.8. The lowest BCUT2D eigenvalue weighted by molar-refractivity contribution is -0.144. The highest BCUT2D eigenvalue weighted by Gasteiger charge is 2.23. The van der Waals surface area contributed by atoms with E-state index in [2.05, 4.69) is 15.1 Å². The molecule has 0 aliphatic heterocycles. The van der Waals surface area contributed by atoms with Crippen molar-refractivity contribution in [3.8, 4) is 34.5 Å². The number of carboxylic acids is 1. The molecule has 2 heterocycles. The lowest BCUT2D eigenvalue weighted by Gasteiger charge is -2.19. The highest BCUT2D eigenvalue weighted by atomic mass is 35.5. The normalized spacial score (nSPS) is 13.3. The van der Waals surface area contributed by atoms with Crippen LogP contribution in [0.3, 0.4) is 0 Å². The molecule has 0 amide bonds. The van der Waals surface area contributed by atoms with Crippen molar-refractivity contribution in [3.63, 3.8) is 0 Å². The average molecular weight is 466 g/mol. The molecule has 0 saturated heterocycles. The van der Waals surface area contributed by atoms with Crippen molar-refractivity contribution in [2.45, 2.75) is 39.2 Å². The van der Waals surface area contributed by atoms with E-state index in [4.69, 9.17) is 37.6 Å². The van der Waals surface area contributed by atoms with Crippen molar-refractivity contribution in [2.24, 2.45) is 5.92 Å². The van der Waals surface area contributed by atoms with Crippen LogP contribution in [0.4, 0.5) is 0 Å². The van der Waals surface area contributed by atoms with Crippen LogP contribution in [0.15, 0.2) is 35.0 Å². The third-order valence-corrected chi connectivity index (χ3v) is 5.06. The summed E-state index contributed by atoms with van der Waals surface area (Å²) in [5.74, 6) is 0.334. The van der Waals surface area contributed by atoms with Gasteiger partial charge >= 0.3 is 5.97 Å². The molecular weight excluding hydrogens is 445 g/mol. The van der Waals surface area contributed by atoms with E-state index in [1.165, 1.54) is 12.1 Å². The quantitative estimate of drug-likeness (QED) is 0.508. The van der Waals surface area contributed by atoms with E-state index in [1.807, 2.05) is 13.8 Å². The van der Waals surface area contributed by atoms with Crippen LogP contribution in [0, 0.1) is 5.92 Å². The molecule has 1 aliphatic carbocycles. The Labute approximate surface area is 188 Å². The van der Waals surface area contributed by atoms with Crippen molar-refractivity contribution >= 4 is 29.2 Å². The first-order chi connectivity index (χ1) is 14.7. The molecule has 1 saturated carbocycles. The molecule has 1 aromatic carbocycles. The van der Waals surface area contributed by atoms with Crippen LogP contribution in [0.2, 0.25) is 10.0 Å². The number of ether oxygens (including phenoxy) is 1. The Morgan fingerprint density at radius 1 is 1.23 bits per heavy atom. The molecule has 8 nitrogen and oxygen atoms in total. The third kappa shape index (κ3) is 5.86. The van der Waals surface area contributed by atoms with Crippen LogP contribution in [0.5, 0.6) is 11.6 Å². The number of carbonyl (C=O) groups is 1. The molecule has 1 fully saturated rings. The van der Waals surface area contributed by atoms with Crippen LogP contribution in [-0.2, 0) is 4.79 Å². The zero-order chi connectivity index (χ0) is 22.5. The van der Waals surface area contributed by atoms with Gasteiger partial charge in [-0.05, 0) is 51.0 Å². The largest absolute Gasteiger partial charge is 0.508 e. The Hall–Kier alpha value is -2.84. The number of aliphatic carboxylic acids is 1. The molecule has 10 heteroatoms. The number of phenols is 1. The standard InChI is InChI=1S/C16H13Cl2N3O3.C5H8O2/c1-8(2)23-16-13(18)5-9(7-19-16)15-20-14(21-24-15)11-4-3-10(22)6-12(11)17;6-5(7)4-2-1-3-4/h3-8,22H,1-2H3;4H,1-3H2,(H,6,7). The number of nitrogens with zero attached hydrogens (tertiary/aromatic N) is 3. The van der Waals surface area contributed by atoms with Crippen LogP contribution in [-0.4, -0.2) is 37.4 Å². The minimum absolute atomic E-state index is 0.000000000000000444. The van der Waals surface area contributed by atoms with Gasteiger partial charge in [0.25, 0.3) is 5.89 Å². The summed E-state index contributed by atoms with van der Waals surface area (Å²) < 4.78 is 10.7. The Morgan fingerprint density at radius 3 is 2.48 bits per heavy atom. The van der Waals surface area contributed by atoms with Crippen LogP contribution < -0.4 is 4.74 Å². The SMILES string of the molecule is CC(C)Oc1ncc(-c2nc(-c3ccc(O)cc3Cl)no2)cc1Cl.O=C(O)C1CCC1. The number of pyridine rings is 1. The Balaban J connectivity index is 0.000000330. The number of aromatic hydroxyl groups is 1. The fraction of sp³-hybridized carbons (Fsp3) is 0.333. The van der Waals surface area contributed by atoms with E-state index in [0.717, 1.165) is 19.3 Å². The minimum Gasteiger partial charge on any atom is -0.508 e. The molecule has 0 unspecified atom stereocenters. The summed E-state index contributed by atoms with van der Waals surface area (Å²) in [4.78, 5) is 18.4. The average Bonchev–Trinajstić information content (AvgIpc) is 3.11. The lowest BCUT2D eigenvalue weighted by atomic mass is 9.86. The molecule has 2 N–H and O–H groups in total. The predicted molar refractivity (Wildman–Crippen MR) is 115 cm³/mol. The van der Waals surface area contributed by atoms with E-state index < -0.39 is 5.97 Å². The molecule has 0 bridgehead atoms. The number of phenolic OH excluding ortho intramolecular Hbond substituents is 1. The number of hydrogen-bond donors (Lipinski definition) is 2. The van der Waals surface area contributed by atoms with Gasteiger partial charge in [0.2, 0.25) is 11.7 Å². The van der Waals surface area contributed by atoms with E-state index in [0.29, 0.717) is 32.9 Å². The zero-order valence-electron chi connectivity index (χ0n) is 16.9. The van der Waals surface area contributed by atoms with Crippen molar-refractivity contribution in [2.75, 3.05) is 0 Å². The monoisotopic (exact) mass is 465 g/mol. The fourth-order valence-corrected chi connectivity index (χ4v) is 3.11. The van der Waals surface area contributed by atoms with Crippen molar-refractivity contribution < 1.29 is 24.3 Å². The second kappa shape index (κ2) is 9.98. The third-order valence-electron chi connectivity index (χ3n) is 4.48. The molecule has 1 aliphatic rings. The topological polar surface area (TPSA) is 119 Å². The van der Waals surface area contributed by atoms with Crippen molar-refractivity contribution in [3.05, 3.63) is 40.5 Å². The Morgan fingerprint density at radius 2 is 1.97 bits per heavy atom. The number of halogens is 2. The molecule has 31 heavy (non-hydrogen) atoms. The molecule has 0 radical (unpaired) electrons. The van der Waals surface area contributed by atoms with Crippen LogP contribution in [0.1, 0.15) is 33.1 Å². The Kier molecular flexibility index (Phi) is 7.35. The molecule has 2 aromatic heterocycles. The van der Waals surface area contributed by atoms with Gasteiger partial charge < -0.3 is 19.5 Å². The van der Waals surface area contributed by atoms with E-state index >= 15 is 0 Å². The molecular formula is C21H21Cl2N3O5. The summed E-state index contributed by atoms with van der Waals surface area (Å²) >= 11 is 12.2. The van der Waals surface area contributed by atoms with E-state index in [1.54, 1.807) is 18.3 Å². The smallest absolute Gasteiger partial charge is 0.306 e. The molecule has 0 atom stereocenters. The highest BCUT2D eigenvalue weighted by Crippen LogP contribution is 2.32. The maximum absolute atomic E-state index is 9.98. The maximum atomic E-state index is 9.98. The van der Waals surface area contributed by atoms with E-state index in [-0.39, 0.29) is 23.7 Å². The highest BCUT2D eigenvalue weighted by molar-refractivity contribution is 6.33. The van der Waals surface area contributed by atoms with Gasteiger partial charge in [-0.2, -0.15) is 4.98 Å².